The van der Waals surface area contributed by atoms with Crippen LogP contribution in [0.5, 0.6) is 11.5 Å². The molecule has 0 aliphatic rings. The zero-order chi connectivity index (χ0) is 17.1. The van der Waals surface area contributed by atoms with Gasteiger partial charge in [0.25, 0.3) is 5.91 Å². The number of fused-ring (bicyclic) bond motifs is 1. The predicted octanol–water partition coefficient (Wildman–Crippen LogP) is 2.52. The van der Waals surface area contributed by atoms with Gasteiger partial charge in [0, 0.05) is 13.1 Å². The zero-order valence-corrected chi connectivity index (χ0v) is 13.9. The first kappa shape index (κ1) is 15.9. The highest BCUT2D eigenvalue weighted by Gasteiger charge is 2.14. The lowest BCUT2D eigenvalue weighted by molar-refractivity contribution is 0.0946. The summed E-state index contributed by atoms with van der Waals surface area (Å²) in [6, 6.07) is 13.0. The van der Waals surface area contributed by atoms with Crippen molar-refractivity contribution in [2.45, 2.75) is 6.54 Å². The van der Waals surface area contributed by atoms with Crippen LogP contribution in [0, 0.1) is 0 Å². The number of carbonyl (C=O) groups is 1. The molecule has 6 nitrogen and oxygen atoms in total. The molecular formula is C18H19N3O3. The fourth-order valence-corrected chi connectivity index (χ4v) is 2.59. The molecule has 1 aromatic heterocycles. The van der Waals surface area contributed by atoms with Crippen molar-refractivity contribution in [2.75, 3.05) is 14.2 Å². The van der Waals surface area contributed by atoms with E-state index in [1.807, 2.05) is 35.9 Å². The molecule has 0 unspecified atom stereocenters. The monoisotopic (exact) mass is 325 g/mol. The Bertz CT molecular complexity index is 886. The largest absolute Gasteiger partial charge is 0.497 e. The lowest BCUT2D eigenvalue weighted by Gasteiger charge is -2.11. The quantitative estimate of drug-likeness (QED) is 0.783. The van der Waals surface area contributed by atoms with E-state index in [-0.39, 0.29) is 5.91 Å². The van der Waals surface area contributed by atoms with Gasteiger partial charge < -0.3 is 19.4 Å². The fourth-order valence-electron chi connectivity index (χ4n) is 2.59. The number of carbonyl (C=O) groups excluding carboxylic acids is 1. The van der Waals surface area contributed by atoms with E-state index in [0.29, 0.717) is 23.6 Å². The molecule has 3 rings (SSSR count). The highest BCUT2D eigenvalue weighted by atomic mass is 16.5. The van der Waals surface area contributed by atoms with Gasteiger partial charge in [-0.3, -0.25) is 4.79 Å². The molecule has 0 aliphatic heterocycles. The molecule has 1 amide bonds. The minimum Gasteiger partial charge on any atom is -0.497 e. The van der Waals surface area contributed by atoms with E-state index in [2.05, 4.69) is 10.3 Å². The number of amides is 1. The molecule has 0 saturated carbocycles. The molecule has 6 heteroatoms. The molecule has 0 bridgehead atoms. The van der Waals surface area contributed by atoms with E-state index in [0.717, 1.165) is 16.9 Å². The Morgan fingerprint density at radius 3 is 2.67 bits per heavy atom. The van der Waals surface area contributed by atoms with Gasteiger partial charge in [0.1, 0.15) is 17.3 Å². The van der Waals surface area contributed by atoms with Gasteiger partial charge in [-0.2, -0.15) is 0 Å². The van der Waals surface area contributed by atoms with Crippen LogP contribution in [-0.4, -0.2) is 29.7 Å². The number of aryl methyl sites for hydroxylation is 1. The maximum Gasteiger partial charge on any atom is 0.255 e. The lowest BCUT2D eigenvalue weighted by atomic mass is 10.1. The standard InChI is InChI=1S/C18H19N3O3/c1-21-15-7-5-4-6-14(15)20-17(21)11-19-18(22)13-9-8-12(23-2)10-16(13)24-3/h4-10H,11H2,1-3H3,(H,19,22). The third-order valence-electron chi connectivity index (χ3n) is 3.94. The van der Waals surface area contributed by atoms with Crippen LogP contribution >= 0.6 is 0 Å². The SMILES string of the molecule is COc1ccc(C(=O)NCc2nc3ccccc3n2C)c(OC)c1. The normalized spacial score (nSPS) is 10.6. The van der Waals surface area contributed by atoms with Crippen molar-refractivity contribution in [3.63, 3.8) is 0 Å². The van der Waals surface area contributed by atoms with Gasteiger partial charge in [0.2, 0.25) is 0 Å². The van der Waals surface area contributed by atoms with E-state index in [9.17, 15) is 4.79 Å². The molecule has 1 heterocycles. The van der Waals surface area contributed by atoms with Crippen molar-refractivity contribution in [3.05, 3.63) is 53.9 Å². The Labute approximate surface area is 140 Å². The molecule has 1 N–H and O–H groups in total. The summed E-state index contributed by atoms with van der Waals surface area (Å²) in [5.41, 5.74) is 2.40. The second-order valence-corrected chi connectivity index (χ2v) is 5.32. The van der Waals surface area contributed by atoms with Crippen molar-refractivity contribution >= 4 is 16.9 Å². The van der Waals surface area contributed by atoms with Crippen molar-refractivity contribution in [1.82, 2.24) is 14.9 Å². The number of benzene rings is 2. The first-order valence-electron chi connectivity index (χ1n) is 7.54. The molecule has 0 atom stereocenters. The number of methoxy groups -OCH3 is 2. The molecule has 0 fully saturated rings. The highest BCUT2D eigenvalue weighted by Crippen LogP contribution is 2.24. The minimum absolute atomic E-state index is 0.221. The van der Waals surface area contributed by atoms with Gasteiger partial charge in [-0.25, -0.2) is 4.98 Å². The first-order chi connectivity index (χ1) is 11.6. The lowest BCUT2D eigenvalue weighted by Crippen LogP contribution is -2.24. The second-order valence-electron chi connectivity index (χ2n) is 5.32. The Hall–Kier alpha value is -3.02. The summed E-state index contributed by atoms with van der Waals surface area (Å²) in [7, 11) is 5.03. The second kappa shape index (κ2) is 6.62. The van der Waals surface area contributed by atoms with Gasteiger partial charge in [0.05, 0.1) is 37.4 Å². The van der Waals surface area contributed by atoms with Crippen LogP contribution in [0.25, 0.3) is 11.0 Å². The third kappa shape index (κ3) is 2.90. The molecule has 2 aromatic carbocycles. The zero-order valence-electron chi connectivity index (χ0n) is 13.9. The molecule has 3 aromatic rings. The number of hydrogen-bond donors (Lipinski definition) is 1. The van der Waals surface area contributed by atoms with Crippen LogP contribution in [-0.2, 0) is 13.6 Å². The average Bonchev–Trinajstić information content (AvgIpc) is 2.95. The van der Waals surface area contributed by atoms with Gasteiger partial charge in [-0.05, 0) is 24.3 Å². The van der Waals surface area contributed by atoms with Crippen LogP contribution in [0.2, 0.25) is 0 Å². The van der Waals surface area contributed by atoms with Gasteiger partial charge in [-0.1, -0.05) is 12.1 Å². The Kier molecular flexibility index (Phi) is 4.37. The molecule has 0 aliphatic carbocycles. The highest BCUT2D eigenvalue weighted by molar-refractivity contribution is 5.97. The van der Waals surface area contributed by atoms with Crippen molar-refractivity contribution < 1.29 is 14.3 Å². The molecule has 0 radical (unpaired) electrons. The number of imidazole rings is 1. The Morgan fingerprint density at radius 2 is 1.96 bits per heavy atom. The van der Waals surface area contributed by atoms with Crippen molar-refractivity contribution in [1.29, 1.82) is 0 Å². The molecule has 0 spiro atoms. The van der Waals surface area contributed by atoms with Gasteiger partial charge >= 0.3 is 0 Å². The first-order valence-corrected chi connectivity index (χ1v) is 7.54. The summed E-state index contributed by atoms with van der Waals surface area (Å²) >= 11 is 0. The van der Waals surface area contributed by atoms with Crippen LogP contribution in [0.15, 0.2) is 42.5 Å². The topological polar surface area (TPSA) is 65.4 Å². The third-order valence-corrected chi connectivity index (χ3v) is 3.94. The summed E-state index contributed by atoms with van der Waals surface area (Å²) in [6.45, 7) is 0.333. The Balaban J connectivity index is 1.79. The van der Waals surface area contributed by atoms with E-state index < -0.39 is 0 Å². The Morgan fingerprint density at radius 1 is 1.17 bits per heavy atom. The van der Waals surface area contributed by atoms with Crippen LogP contribution < -0.4 is 14.8 Å². The molecule has 0 saturated heterocycles. The summed E-state index contributed by atoms with van der Waals surface area (Å²) in [5, 5.41) is 2.89. The molecule has 24 heavy (non-hydrogen) atoms. The number of ether oxygens (including phenoxy) is 2. The molecule has 124 valence electrons. The number of rotatable bonds is 5. The van der Waals surface area contributed by atoms with Gasteiger partial charge in [0.15, 0.2) is 0 Å². The summed E-state index contributed by atoms with van der Waals surface area (Å²) in [5.74, 6) is 1.68. The molecular weight excluding hydrogens is 306 g/mol. The van der Waals surface area contributed by atoms with Crippen LogP contribution in [0.1, 0.15) is 16.2 Å². The predicted molar refractivity (Wildman–Crippen MR) is 91.4 cm³/mol. The van der Waals surface area contributed by atoms with E-state index in [4.69, 9.17) is 9.47 Å². The smallest absolute Gasteiger partial charge is 0.255 e. The average molecular weight is 325 g/mol. The van der Waals surface area contributed by atoms with E-state index >= 15 is 0 Å². The number of nitrogens with zero attached hydrogens (tertiary/aromatic N) is 2. The van der Waals surface area contributed by atoms with Crippen LogP contribution in [0.4, 0.5) is 0 Å². The van der Waals surface area contributed by atoms with Gasteiger partial charge in [-0.15, -0.1) is 0 Å². The fraction of sp³-hybridized carbons (Fsp3) is 0.222. The van der Waals surface area contributed by atoms with Crippen molar-refractivity contribution in [2.24, 2.45) is 7.05 Å². The van der Waals surface area contributed by atoms with E-state index in [1.165, 1.54) is 7.11 Å². The van der Waals surface area contributed by atoms with E-state index in [1.54, 1.807) is 25.3 Å². The van der Waals surface area contributed by atoms with Crippen LogP contribution in [0.3, 0.4) is 0 Å². The summed E-state index contributed by atoms with van der Waals surface area (Å²) < 4.78 is 12.4. The summed E-state index contributed by atoms with van der Waals surface area (Å²) in [6.07, 6.45) is 0. The number of aromatic nitrogens is 2. The van der Waals surface area contributed by atoms with Crippen molar-refractivity contribution in [3.8, 4) is 11.5 Å². The minimum atomic E-state index is -0.221. The maximum atomic E-state index is 12.5. The number of nitrogens with one attached hydrogen (secondary N) is 1. The summed E-state index contributed by atoms with van der Waals surface area (Å²) in [4.78, 5) is 17.0. The maximum absolute atomic E-state index is 12.5. The number of hydrogen-bond acceptors (Lipinski definition) is 4. The number of para-hydroxylation sites is 2.